The minimum Gasteiger partial charge on any atom is -0.355 e. The average Bonchev–Trinajstić information content (AvgIpc) is 3.22. The van der Waals surface area contributed by atoms with E-state index in [1.807, 2.05) is 31.2 Å². The molecule has 4 rings (SSSR count). The number of hydrogen-bond acceptors (Lipinski definition) is 5. The third-order valence-corrected chi connectivity index (χ3v) is 8.19. The van der Waals surface area contributed by atoms with Gasteiger partial charge in [-0.2, -0.15) is 4.31 Å². The van der Waals surface area contributed by atoms with E-state index in [0.29, 0.717) is 50.7 Å². The highest BCUT2D eigenvalue weighted by atomic mass is 32.2. The predicted molar refractivity (Wildman–Crippen MR) is 126 cm³/mol. The summed E-state index contributed by atoms with van der Waals surface area (Å²) in [6.45, 7) is 5.59. The third-order valence-electron chi connectivity index (χ3n) is 6.28. The molecule has 0 aliphatic carbocycles. The molecule has 0 spiro atoms. The Hall–Kier alpha value is -2.75. The molecule has 2 heterocycles. The molecule has 2 aliphatic heterocycles. The Balaban J connectivity index is 1.21. The molecular formula is C24H30N4O4S. The van der Waals surface area contributed by atoms with Crippen LogP contribution in [0.15, 0.2) is 59.5 Å². The fourth-order valence-corrected chi connectivity index (χ4v) is 5.72. The van der Waals surface area contributed by atoms with Crippen molar-refractivity contribution in [2.24, 2.45) is 5.92 Å². The summed E-state index contributed by atoms with van der Waals surface area (Å²) in [4.78, 5) is 29.1. The van der Waals surface area contributed by atoms with E-state index in [1.165, 1.54) is 4.31 Å². The highest BCUT2D eigenvalue weighted by molar-refractivity contribution is 7.89. The monoisotopic (exact) mass is 470 g/mol. The van der Waals surface area contributed by atoms with Crippen molar-refractivity contribution >= 4 is 27.5 Å². The molecule has 2 amide bonds. The first-order chi connectivity index (χ1) is 15.8. The van der Waals surface area contributed by atoms with Gasteiger partial charge in [0.05, 0.1) is 10.8 Å². The maximum Gasteiger partial charge on any atom is 0.243 e. The molecular weight excluding hydrogens is 440 g/mol. The standard InChI is InChI=1S/C24H30N4O4S/c1-19-7-9-21(10-8-19)28-18-20(17-23(28)29)24(30)25-11-12-26-13-15-27(16-14-26)33(31,32)22-5-3-2-4-6-22/h2-10,20H,11-18H2,1H3,(H,25,30). The van der Waals surface area contributed by atoms with Crippen LogP contribution in [0.2, 0.25) is 0 Å². The Kier molecular flexibility index (Phi) is 7.11. The van der Waals surface area contributed by atoms with Gasteiger partial charge in [0.25, 0.3) is 0 Å². The van der Waals surface area contributed by atoms with Gasteiger partial charge in [0.1, 0.15) is 0 Å². The molecule has 0 aromatic heterocycles. The number of benzene rings is 2. The lowest BCUT2D eigenvalue weighted by molar-refractivity contribution is -0.126. The lowest BCUT2D eigenvalue weighted by Crippen LogP contribution is -2.50. The highest BCUT2D eigenvalue weighted by Gasteiger charge is 2.35. The van der Waals surface area contributed by atoms with Crippen molar-refractivity contribution < 1.29 is 18.0 Å². The van der Waals surface area contributed by atoms with Gasteiger partial charge in [-0.05, 0) is 31.2 Å². The number of hydrogen-bond donors (Lipinski definition) is 1. The summed E-state index contributed by atoms with van der Waals surface area (Å²) in [5, 5.41) is 2.95. The van der Waals surface area contributed by atoms with Gasteiger partial charge >= 0.3 is 0 Å². The smallest absolute Gasteiger partial charge is 0.243 e. The van der Waals surface area contributed by atoms with Crippen LogP contribution in [0.5, 0.6) is 0 Å². The SMILES string of the molecule is Cc1ccc(N2CC(C(=O)NCCN3CCN(S(=O)(=O)c4ccccc4)CC3)CC2=O)cc1. The zero-order valence-corrected chi connectivity index (χ0v) is 19.6. The number of rotatable bonds is 7. The molecule has 2 aromatic carbocycles. The van der Waals surface area contributed by atoms with Gasteiger partial charge in [-0.1, -0.05) is 35.9 Å². The van der Waals surface area contributed by atoms with E-state index in [-0.39, 0.29) is 24.2 Å². The van der Waals surface area contributed by atoms with E-state index in [2.05, 4.69) is 10.2 Å². The number of nitrogens with one attached hydrogen (secondary N) is 1. The minimum absolute atomic E-state index is 0.0326. The highest BCUT2D eigenvalue weighted by Crippen LogP contribution is 2.25. The fourth-order valence-electron chi connectivity index (χ4n) is 4.27. The van der Waals surface area contributed by atoms with E-state index in [4.69, 9.17) is 0 Å². The van der Waals surface area contributed by atoms with Gasteiger partial charge in [-0.25, -0.2) is 8.42 Å². The van der Waals surface area contributed by atoms with Gasteiger partial charge < -0.3 is 10.2 Å². The molecule has 0 bridgehead atoms. The van der Waals surface area contributed by atoms with Crippen LogP contribution < -0.4 is 10.2 Å². The van der Waals surface area contributed by atoms with Crippen molar-refractivity contribution in [1.29, 1.82) is 0 Å². The molecule has 8 nitrogen and oxygen atoms in total. The van der Waals surface area contributed by atoms with Gasteiger partial charge in [0.2, 0.25) is 21.8 Å². The van der Waals surface area contributed by atoms with Gasteiger partial charge in [0.15, 0.2) is 0 Å². The third kappa shape index (κ3) is 5.43. The summed E-state index contributed by atoms with van der Waals surface area (Å²) >= 11 is 0. The summed E-state index contributed by atoms with van der Waals surface area (Å²) < 4.78 is 27.0. The van der Waals surface area contributed by atoms with Gasteiger partial charge in [0, 0.05) is 57.9 Å². The Morgan fingerprint density at radius 1 is 1.00 bits per heavy atom. The first-order valence-electron chi connectivity index (χ1n) is 11.3. The number of sulfonamides is 1. The fraction of sp³-hybridized carbons (Fsp3) is 0.417. The van der Waals surface area contributed by atoms with E-state index in [0.717, 1.165) is 11.3 Å². The number of aryl methyl sites for hydroxylation is 1. The zero-order chi connectivity index (χ0) is 23.4. The van der Waals surface area contributed by atoms with Crippen molar-refractivity contribution in [2.45, 2.75) is 18.2 Å². The summed E-state index contributed by atoms with van der Waals surface area (Å²) in [7, 11) is -3.47. The van der Waals surface area contributed by atoms with Crippen LogP contribution in [0.1, 0.15) is 12.0 Å². The molecule has 1 N–H and O–H groups in total. The first kappa shape index (κ1) is 23.4. The number of piperazine rings is 1. The number of anilines is 1. The second-order valence-electron chi connectivity index (χ2n) is 8.59. The Labute approximate surface area is 195 Å². The van der Waals surface area contributed by atoms with E-state index in [1.54, 1.807) is 35.2 Å². The van der Waals surface area contributed by atoms with Crippen molar-refractivity contribution in [3.8, 4) is 0 Å². The largest absolute Gasteiger partial charge is 0.355 e. The van der Waals surface area contributed by atoms with Crippen molar-refractivity contribution in [3.05, 3.63) is 60.2 Å². The van der Waals surface area contributed by atoms with Crippen molar-refractivity contribution in [3.63, 3.8) is 0 Å². The van der Waals surface area contributed by atoms with Crippen LogP contribution in [0.3, 0.4) is 0 Å². The predicted octanol–water partition coefficient (Wildman–Crippen LogP) is 1.47. The summed E-state index contributed by atoms with van der Waals surface area (Å²) in [6.07, 6.45) is 0.218. The zero-order valence-electron chi connectivity index (χ0n) is 18.8. The van der Waals surface area contributed by atoms with E-state index >= 15 is 0 Å². The Morgan fingerprint density at radius 3 is 2.33 bits per heavy atom. The molecule has 176 valence electrons. The molecule has 2 fully saturated rings. The molecule has 2 aromatic rings. The molecule has 9 heteroatoms. The minimum atomic E-state index is -3.47. The van der Waals surface area contributed by atoms with Crippen LogP contribution in [0.4, 0.5) is 5.69 Å². The Bertz CT molecular complexity index is 1080. The lowest BCUT2D eigenvalue weighted by Gasteiger charge is -2.34. The molecule has 2 saturated heterocycles. The van der Waals surface area contributed by atoms with Gasteiger partial charge in [-0.3, -0.25) is 14.5 Å². The Morgan fingerprint density at radius 2 is 1.67 bits per heavy atom. The number of carbonyl (C=O) groups excluding carboxylic acids is 2. The van der Waals surface area contributed by atoms with E-state index in [9.17, 15) is 18.0 Å². The normalized spacial score (nSPS) is 20.2. The quantitative estimate of drug-likeness (QED) is 0.662. The van der Waals surface area contributed by atoms with Crippen LogP contribution >= 0.6 is 0 Å². The van der Waals surface area contributed by atoms with Crippen molar-refractivity contribution in [1.82, 2.24) is 14.5 Å². The second-order valence-corrected chi connectivity index (χ2v) is 10.5. The topological polar surface area (TPSA) is 90.0 Å². The molecule has 33 heavy (non-hydrogen) atoms. The number of carbonyl (C=O) groups is 2. The number of nitrogens with zero attached hydrogens (tertiary/aromatic N) is 3. The molecule has 0 radical (unpaired) electrons. The van der Waals surface area contributed by atoms with Gasteiger partial charge in [-0.15, -0.1) is 0 Å². The van der Waals surface area contributed by atoms with Crippen LogP contribution in [-0.4, -0.2) is 75.3 Å². The molecule has 0 saturated carbocycles. The summed E-state index contributed by atoms with van der Waals surface area (Å²) in [5.41, 5.74) is 1.95. The lowest BCUT2D eigenvalue weighted by atomic mass is 10.1. The molecule has 1 unspecified atom stereocenters. The first-order valence-corrected chi connectivity index (χ1v) is 12.7. The van der Waals surface area contributed by atoms with E-state index < -0.39 is 10.0 Å². The van der Waals surface area contributed by atoms with Crippen molar-refractivity contribution in [2.75, 3.05) is 50.7 Å². The summed E-state index contributed by atoms with van der Waals surface area (Å²) in [5.74, 6) is -0.496. The van der Waals surface area contributed by atoms with Crippen LogP contribution in [0, 0.1) is 12.8 Å². The number of amides is 2. The van der Waals surface area contributed by atoms with Crippen LogP contribution in [-0.2, 0) is 19.6 Å². The molecule has 1 atom stereocenters. The maximum absolute atomic E-state index is 12.7. The maximum atomic E-state index is 12.7. The summed E-state index contributed by atoms with van der Waals surface area (Å²) in [6, 6.07) is 16.2. The average molecular weight is 471 g/mol. The van der Waals surface area contributed by atoms with Crippen LogP contribution in [0.25, 0.3) is 0 Å². The second kappa shape index (κ2) is 10.0. The molecule has 2 aliphatic rings.